The van der Waals surface area contributed by atoms with E-state index in [1.54, 1.807) is 18.3 Å². The first-order valence-corrected chi connectivity index (χ1v) is 6.39. The van der Waals surface area contributed by atoms with Crippen molar-refractivity contribution in [3.63, 3.8) is 0 Å². The van der Waals surface area contributed by atoms with Crippen LogP contribution in [0.3, 0.4) is 0 Å². The Labute approximate surface area is 110 Å². The van der Waals surface area contributed by atoms with Gasteiger partial charge < -0.3 is 15.5 Å². The Balaban J connectivity index is 1.89. The molecule has 0 bridgehead atoms. The molecule has 3 rings (SSSR count). The van der Waals surface area contributed by atoms with Crippen molar-refractivity contribution in [3.05, 3.63) is 36.0 Å². The first-order valence-electron chi connectivity index (χ1n) is 6.39. The maximum Gasteiger partial charge on any atom is 0.165 e. The standard InChI is InChI=1S/C14H16FN3O/c1-2-19-12-4-3-9(7-10(12)15)11-8-17-13(18-11)14(16)5-6-14/h3-4,7-8H,2,5-6,16H2,1H3,(H,17,18). The van der Waals surface area contributed by atoms with Crippen LogP contribution in [-0.4, -0.2) is 16.6 Å². The van der Waals surface area contributed by atoms with Gasteiger partial charge in [-0.3, -0.25) is 0 Å². The molecule has 1 aromatic carbocycles. The number of hydrogen-bond donors (Lipinski definition) is 2. The number of ether oxygens (including phenoxy) is 1. The second-order valence-electron chi connectivity index (χ2n) is 4.88. The van der Waals surface area contributed by atoms with E-state index < -0.39 is 0 Å². The molecule has 2 aromatic rings. The van der Waals surface area contributed by atoms with Crippen LogP contribution < -0.4 is 10.5 Å². The lowest BCUT2D eigenvalue weighted by molar-refractivity contribution is 0.321. The zero-order chi connectivity index (χ0) is 13.5. The topological polar surface area (TPSA) is 63.9 Å². The minimum absolute atomic E-state index is 0.267. The van der Waals surface area contributed by atoms with Crippen LogP contribution in [0.2, 0.25) is 0 Å². The molecule has 0 radical (unpaired) electrons. The molecule has 5 heteroatoms. The number of hydrogen-bond acceptors (Lipinski definition) is 3. The third-order valence-electron chi connectivity index (χ3n) is 3.38. The lowest BCUT2D eigenvalue weighted by Gasteiger charge is -2.06. The van der Waals surface area contributed by atoms with Crippen LogP contribution in [-0.2, 0) is 5.54 Å². The maximum atomic E-state index is 13.8. The summed E-state index contributed by atoms with van der Waals surface area (Å²) in [7, 11) is 0. The van der Waals surface area contributed by atoms with Gasteiger partial charge in [0.15, 0.2) is 11.6 Å². The highest BCUT2D eigenvalue weighted by Crippen LogP contribution is 2.41. The zero-order valence-corrected chi connectivity index (χ0v) is 10.7. The fraction of sp³-hybridized carbons (Fsp3) is 0.357. The molecule has 0 aliphatic heterocycles. The van der Waals surface area contributed by atoms with E-state index in [1.165, 1.54) is 6.07 Å². The van der Waals surface area contributed by atoms with E-state index in [0.29, 0.717) is 6.61 Å². The van der Waals surface area contributed by atoms with Crippen LogP contribution >= 0.6 is 0 Å². The summed E-state index contributed by atoms with van der Waals surface area (Å²) in [6.45, 7) is 2.27. The molecule has 4 nitrogen and oxygen atoms in total. The number of aromatic amines is 1. The molecule has 1 aliphatic carbocycles. The molecule has 1 heterocycles. The monoisotopic (exact) mass is 261 g/mol. The van der Waals surface area contributed by atoms with Crippen molar-refractivity contribution in [1.29, 1.82) is 0 Å². The van der Waals surface area contributed by atoms with E-state index in [9.17, 15) is 4.39 Å². The van der Waals surface area contributed by atoms with Crippen LogP contribution in [0.4, 0.5) is 4.39 Å². The maximum absolute atomic E-state index is 13.8. The van der Waals surface area contributed by atoms with Crippen LogP contribution in [0.25, 0.3) is 11.3 Å². The Kier molecular flexibility index (Phi) is 2.78. The van der Waals surface area contributed by atoms with Crippen molar-refractivity contribution in [2.75, 3.05) is 6.61 Å². The number of rotatable bonds is 4. The van der Waals surface area contributed by atoms with Crippen LogP contribution in [0.1, 0.15) is 25.6 Å². The summed E-state index contributed by atoms with van der Waals surface area (Å²) in [6, 6.07) is 4.88. The third-order valence-corrected chi connectivity index (χ3v) is 3.38. The zero-order valence-electron chi connectivity index (χ0n) is 10.7. The fourth-order valence-corrected chi connectivity index (χ4v) is 2.03. The molecule has 100 valence electrons. The number of H-pyrrole nitrogens is 1. The van der Waals surface area contributed by atoms with Gasteiger partial charge in [-0.15, -0.1) is 0 Å². The average molecular weight is 261 g/mol. The van der Waals surface area contributed by atoms with Gasteiger partial charge in [-0.1, -0.05) is 0 Å². The van der Waals surface area contributed by atoms with Crippen LogP contribution in [0.5, 0.6) is 5.75 Å². The highest BCUT2D eigenvalue weighted by atomic mass is 19.1. The Hall–Kier alpha value is -1.88. The molecular formula is C14H16FN3O. The van der Waals surface area contributed by atoms with Crippen molar-refractivity contribution in [2.45, 2.75) is 25.3 Å². The molecule has 0 amide bonds. The van der Waals surface area contributed by atoms with Crippen molar-refractivity contribution >= 4 is 0 Å². The van der Waals surface area contributed by atoms with Gasteiger partial charge in [0.25, 0.3) is 0 Å². The van der Waals surface area contributed by atoms with E-state index in [4.69, 9.17) is 10.5 Å². The summed E-state index contributed by atoms with van der Waals surface area (Å²) >= 11 is 0. The van der Waals surface area contributed by atoms with Crippen molar-refractivity contribution in [3.8, 4) is 17.0 Å². The van der Waals surface area contributed by atoms with Gasteiger partial charge in [-0.25, -0.2) is 9.37 Å². The van der Waals surface area contributed by atoms with E-state index in [-0.39, 0.29) is 17.1 Å². The van der Waals surface area contributed by atoms with Gasteiger partial charge in [-0.05, 0) is 38.0 Å². The largest absolute Gasteiger partial charge is 0.491 e. The van der Waals surface area contributed by atoms with Gasteiger partial charge in [0.05, 0.1) is 24.0 Å². The molecule has 0 atom stereocenters. The second-order valence-corrected chi connectivity index (χ2v) is 4.88. The van der Waals surface area contributed by atoms with Gasteiger partial charge >= 0.3 is 0 Å². The highest BCUT2D eigenvalue weighted by Gasteiger charge is 2.42. The van der Waals surface area contributed by atoms with Gasteiger partial charge in [-0.2, -0.15) is 0 Å². The summed E-state index contributed by atoms with van der Waals surface area (Å²) < 4.78 is 19.0. The average Bonchev–Trinajstić information content (AvgIpc) is 2.95. The first-order chi connectivity index (χ1) is 9.12. The van der Waals surface area contributed by atoms with E-state index in [0.717, 1.165) is 29.9 Å². The highest BCUT2D eigenvalue weighted by molar-refractivity contribution is 5.60. The molecule has 19 heavy (non-hydrogen) atoms. The van der Waals surface area contributed by atoms with Crippen molar-refractivity contribution in [2.24, 2.45) is 5.73 Å². The summed E-state index contributed by atoms with van der Waals surface area (Å²) in [5.74, 6) is 0.671. The first kappa shape index (κ1) is 12.2. The minimum Gasteiger partial charge on any atom is -0.491 e. The van der Waals surface area contributed by atoms with E-state index in [1.807, 2.05) is 6.92 Å². The normalized spacial score (nSPS) is 16.4. The Bertz CT molecular complexity index is 604. The number of halogens is 1. The Morgan fingerprint density at radius 1 is 1.47 bits per heavy atom. The van der Waals surface area contributed by atoms with Crippen molar-refractivity contribution in [1.82, 2.24) is 9.97 Å². The predicted molar refractivity (Wildman–Crippen MR) is 70.3 cm³/mol. The van der Waals surface area contributed by atoms with Gasteiger partial charge in [0, 0.05) is 5.56 Å². The molecule has 1 fully saturated rings. The summed E-state index contributed by atoms with van der Waals surface area (Å²) in [4.78, 5) is 7.45. The fourth-order valence-electron chi connectivity index (χ4n) is 2.03. The summed E-state index contributed by atoms with van der Waals surface area (Å²) in [5, 5.41) is 0. The number of aromatic nitrogens is 2. The second kappa shape index (κ2) is 4.35. The third kappa shape index (κ3) is 2.21. The number of benzene rings is 1. The molecule has 0 saturated heterocycles. The number of nitrogens with one attached hydrogen (secondary N) is 1. The SMILES string of the molecule is CCOc1ccc(-c2cnc(C3(N)CC3)[nH]2)cc1F. The quantitative estimate of drug-likeness (QED) is 0.889. The number of imidazole rings is 1. The molecular weight excluding hydrogens is 245 g/mol. The molecule has 0 unspecified atom stereocenters. The number of nitrogens with zero attached hydrogens (tertiary/aromatic N) is 1. The minimum atomic E-state index is -0.371. The summed E-state index contributed by atoms with van der Waals surface area (Å²) in [6.07, 6.45) is 3.58. The Morgan fingerprint density at radius 3 is 2.89 bits per heavy atom. The molecule has 1 saturated carbocycles. The van der Waals surface area contributed by atoms with E-state index >= 15 is 0 Å². The lowest BCUT2D eigenvalue weighted by atomic mass is 10.1. The van der Waals surface area contributed by atoms with Gasteiger partial charge in [0.2, 0.25) is 0 Å². The van der Waals surface area contributed by atoms with E-state index in [2.05, 4.69) is 9.97 Å². The van der Waals surface area contributed by atoms with Crippen LogP contribution in [0.15, 0.2) is 24.4 Å². The smallest absolute Gasteiger partial charge is 0.165 e. The Morgan fingerprint density at radius 2 is 2.26 bits per heavy atom. The molecule has 3 N–H and O–H groups in total. The van der Waals surface area contributed by atoms with Crippen molar-refractivity contribution < 1.29 is 9.13 Å². The molecule has 0 spiro atoms. The van der Waals surface area contributed by atoms with Gasteiger partial charge in [0.1, 0.15) is 5.82 Å². The number of nitrogens with two attached hydrogens (primary N) is 1. The van der Waals surface area contributed by atoms with Crippen LogP contribution in [0, 0.1) is 5.82 Å². The predicted octanol–water partition coefficient (Wildman–Crippen LogP) is 2.56. The summed E-state index contributed by atoms with van der Waals surface area (Å²) in [5.41, 5.74) is 7.27. The molecule has 1 aliphatic rings. The lowest BCUT2D eigenvalue weighted by Crippen LogP contribution is -2.20. The molecule has 1 aromatic heterocycles.